The van der Waals surface area contributed by atoms with E-state index in [2.05, 4.69) is 161 Å². The molecule has 0 amide bonds. The van der Waals surface area contributed by atoms with Crippen LogP contribution in [0.5, 0.6) is 0 Å². The first-order valence-electron chi connectivity index (χ1n) is 12.8. The van der Waals surface area contributed by atoms with Crippen LogP contribution < -0.4 is 4.90 Å². The van der Waals surface area contributed by atoms with Crippen LogP contribution in [0.4, 0.5) is 17.1 Å². The van der Waals surface area contributed by atoms with Gasteiger partial charge < -0.3 is 4.90 Å². The number of fused-ring (bicyclic) bond motifs is 3. The smallest absolute Gasteiger partial charge is 0.117 e. The number of aromatic nitrogens is 2. The highest BCUT2D eigenvalue weighted by atomic mass is 15.3. The van der Waals surface area contributed by atoms with Gasteiger partial charge in [0.1, 0.15) is 11.4 Å². The lowest BCUT2D eigenvalue weighted by atomic mass is 10.0. The normalized spacial score (nSPS) is 11.2. The van der Waals surface area contributed by atoms with Crippen molar-refractivity contribution in [2.75, 3.05) is 4.90 Å². The second kappa shape index (κ2) is 9.38. The topological polar surface area (TPSA) is 20.5 Å². The molecule has 0 atom stereocenters. The Morgan fingerprint density at radius 2 is 1.00 bits per heavy atom. The van der Waals surface area contributed by atoms with Gasteiger partial charge in [-0.2, -0.15) is 5.10 Å². The number of pyridine rings is 1. The average molecular weight is 488 g/mol. The molecule has 38 heavy (non-hydrogen) atoms. The Morgan fingerprint density at radius 3 is 1.61 bits per heavy atom. The summed E-state index contributed by atoms with van der Waals surface area (Å²) in [4.78, 5) is 2.34. The van der Waals surface area contributed by atoms with Gasteiger partial charge in [0, 0.05) is 27.9 Å². The summed E-state index contributed by atoms with van der Waals surface area (Å²) in [5.41, 5.74) is 8.50. The van der Waals surface area contributed by atoms with E-state index in [-0.39, 0.29) is 0 Å². The van der Waals surface area contributed by atoms with Gasteiger partial charge in [-0.05, 0) is 35.7 Å². The number of nitrogens with zero attached hydrogens (tertiary/aromatic N) is 3. The Labute approximate surface area is 221 Å². The first-order chi connectivity index (χ1) is 18.9. The van der Waals surface area contributed by atoms with E-state index in [1.54, 1.807) is 0 Å². The summed E-state index contributed by atoms with van der Waals surface area (Å²) in [6.45, 7) is 0. The van der Waals surface area contributed by atoms with Gasteiger partial charge in [-0.3, -0.25) is 0 Å². The fraction of sp³-hybridized carbons (Fsp3) is 0. The van der Waals surface area contributed by atoms with Gasteiger partial charge in [0.15, 0.2) is 0 Å². The van der Waals surface area contributed by atoms with Gasteiger partial charge in [-0.1, -0.05) is 121 Å². The quantitative estimate of drug-likeness (QED) is 0.241. The van der Waals surface area contributed by atoms with Crippen molar-refractivity contribution < 1.29 is 0 Å². The molecule has 5 aromatic carbocycles. The highest BCUT2D eigenvalue weighted by Crippen LogP contribution is 2.46. The van der Waals surface area contributed by atoms with Crippen molar-refractivity contribution >= 4 is 33.4 Å². The van der Waals surface area contributed by atoms with Crippen molar-refractivity contribution in [1.29, 1.82) is 0 Å². The SMILES string of the molecule is c1ccc(-c2nn3c(-c4ccccc4)cc4ccccc4c3c2N(c2ccccc2)c2ccccc2)cc1. The second-order valence-corrected chi connectivity index (χ2v) is 9.31. The summed E-state index contributed by atoms with van der Waals surface area (Å²) in [6, 6.07) is 53.0. The number of benzene rings is 5. The molecule has 0 aliphatic rings. The molecular formula is C35H25N3. The minimum absolute atomic E-state index is 0.937. The van der Waals surface area contributed by atoms with E-state index in [0.717, 1.165) is 50.5 Å². The molecule has 3 nitrogen and oxygen atoms in total. The molecule has 3 heteroatoms. The molecule has 2 heterocycles. The van der Waals surface area contributed by atoms with E-state index < -0.39 is 0 Å². The maximum Gasteiger partial charge on any atom is 0.117 e. The summed E-state index contributed by atoms with van der Waals surface area (Å²) >= 11 is 0. The van der Waals surface area contributed by atoms with Crippen molar-refractivity contribution in [3.8, 4) is 22.5 Å². The third-order valence-electron chi connectivity index (χ3n) is 6.97. The fourth-order valence-corrected chi connectivity index (χ4v) is 5.25. The fourth-order valence-electron chi connectivity index (χ4n) is 5.25. The molecule has 2 aromatic heterocycles. The van der Waals surface area contributed by atoms with Crippen LogP contribution in [0.25, 0.3) is 38.8 Å². The zero-order valence-corrected chi connectivity index (χ0v) is 20.8. The molecular weight excluding hydrogens is 462 g/mol. The van der Waals surface area contributed by atoms with Crippen molar-refractivity contribution in [3.05, 3.63) is 152 Å². The van der Waals surface area contributed by atoms with E-state index in [9.17, 15) is 0 Å². The number of rotatable bonds is 5. The summed E-state index contributed by atoms with van der Waals surface area (Å²) < 4.78 is 2.13. The van der Waals surface area contributed by atoms with Crippen molar-refractivity contribution in [2.24, 2.45) is 0 Å². The number of hydrogen-bond donors (Lipinski definition) is 0. The Balaban J connectivity index is 1.68. The maximum absolute atomic E-state index is 5.36. The Bertz CT molecular complexity index is 1800. The maximum atomic E-state index is 5.36. The van der Waals surface area contributed by atoms with Crippen LogP contribution in [-0.2, 0) is 0 Å². The van der Waals surface area contributed by atoms with Crippen molar-refractivity contribution in [2.45, 2.75) is 0 Å². The van der Waals surface area contributed by atoms with E-state index in [1.165, 1.54) is 5.39 Å². The third-order valence-corrected chi connectivity index (χ3v) is 6.97. The van der Waals surface area contributed by atoms with Crippen molar-refractivity contribution in [3.63, 3.8) is 0 Å². The first kappa shape index (κ1) is 22.1. The third kappa shape index (κ3) is 3.73. The Hall–Kier alpha value is -5.15. The molecule has 180 valence electrons. The minimum Gasteiger partial charge on any atom is -0.306 e. The van der Waals surface area contributed by atoms with Gasteiger partial charge in [-0.15, -0.1) is 0 Å². The van der Waals surface area contributed by atoms with Crippen molar-refractivity contribution in [1.82, 2.24) is 9.61 Å². The minimum atomic E-state index is 0.937. The molecule has 0 radical (unpaired) electrons. The van der Waals surface area contributed by atoms with Gasteiger partial charge >= 0.3 is 0 Å². The Morgan fingerprint density at radius 1 is 0.500 bits per heavy atom. The lowest BCUT2D eigenvalue weighted by molar-refractivity contribution is 0.979. The number of hydrogen-bond acceptors (Lipinski definition) is 2. The zero-order valence-electron chi connectivity index (χ0n) is 20.8. The lowest BCUT2D eigenvalue weighted by Crippen LogP contribution is -2.10. The molecule has 0 saturated carbocycles. The highest BCUT2D eigenvalue weighted by molar-refractivity contribution is 6.09. The van der Waals surface area contributed by atoms with E-state index >= 15 is 0 Å². The van der Waals surface area contributed by atoms with Gasteiger partial charge in [0.2, 0.25) is 0 Å². The first-order valence-corrected chi connectivity index (χ1v) is 12.8. The lowest BCUT2D eigenvalue weighted by Gasteiger charge is -2.26. The molecule has 0 N–H and O–H groups in total. The molecule has 0 aliphatic carbocycles. The van der Waals surface area contributed by atoms with Crippen LogP contribution in [-0.4, -0.2) is 9.61 Å². The standard InChI is InChI=1S/C35H25N3/c1-5-15-26(16-6-1)32-25-28-19-13-14-24-31(28)34-35(33(36-38(32)34)27-17-7-2-8-18-27)37(29-20-9-3-10-21-29)30-22-11-4-12-23-30/h1-25H. The van der Waals surface area contributed by atoms with Crippen LogP contribution in [0.15, 0.2) is 152 Å². The molecule has 7 rings (SSSR count). The van der Waals surface area contributed by atoms with E-state index in [0.29, 0.717) is 0 Å². The summed E-state index contributed by atoms with van der Waals surface area (Å²) in [5, 5.41) is 7.70. The van der Waals surface area contributed by atoms with Gasteiger partial charge in [0.05, 0.1) is 11.2 Å². The predicted molar refractivity (Wildman–Crippen MR) is 158 cm³/mol. The largest absolute Gasteiger partial charge is 0.306 e. The van der Waals surface area contributed by atoms with Crippen LogP contribution >= 0.6 is 0 Å². The van der Waals surface area contributed by atoms with Crippen LogP contribution in [0.2, 0.25) is 0 Å². The second-order valence-electron chi connectivity index (χ2n) is 9.31. The van der Waals surface area contributed by atoms with Crippen LogP contribution in [0.1, 0.15) is 0 Å². The van der Waals surface area contributed by atoms with Gasteiger partial charge in [0.25, 0.3) is 0 Å². The summed E-state index contributed by atoms with van der Waals surface area (Å²) in [7, 11) is 0. The predicted octanol–water partition coefficient (Wildman–Crippen LogP) is 9.29. The van der Waals surface area contributed by atoms with Crippen LogP contribution in [0.3, 0.4) is 0 Å². The molecule has 0 fully saturated rings. The van der Waals surface area contributed by atoms with Crippen LogP contribution in [0, 0.1) is 0 Å². The monoisotopic (exact) mass is 487 g/mol. The highest BCUT2D eigenvalue weighted by Gasteiger charge is 2.26. The molecule has 0 saturated heterocycles. The molecule has 0 spiro atoms. The Kier molecular flexibility index (Phi) is 5.45. The van der Waals surface area contributed by atoms with Gasteiger partial charge in [-0.25, -0.2) is 4.52 Å². The summed E-state index contributed by atoms with van der Waals surface area (Å²) in [5.74, 6) is 0. The number of para-hydroxylation sites is 2. The molecule has 0 aliphatic heterocycles. The zero-order chi connectivity index (χ0) is 25.3. The van der Waals surface area contributed by atoms with E-state index in [4.69, 9.17) is 5.10 Å². The average Bonchev–Trinajstić information content (AvgIpc) is 3.39. The summed E-state index contributed by atoms with van der Waals surface area (Å²) in [6.07, 6.45) is 0. The molecule has 7 aromatic rings. The molecule has 0 unspecified atom stereocenters. The number of anilines is 3. The molecule has 0 bridgehead atoms. The van der Waals surface area contributed by atoms with E-state index in [1.807, 2.05) is 0 Å².